The van der Waals surface area contributed by atoms with Crippen LogP contribution in [-0.4, -0.2) is 9.90 Å². The third-order valence-corrected chi connectivity index (χ3v) is 3.75. The van der Waals surface area contributed by atoms with Gasteiger partial charge in [-0.15, -0.1) is 4.68 Å². The molecule has 110 valence electrons. The maximum Gasteiger partial charge on any atom is 0.204 e. The molecule has 4 rings (SSSR count). The summed E-state index contributed by atoms with van der Waals surface area (Å²) in [6, 6.07) is 30.7. The molecule has 0 fully saturated rings. The zero-order chi connectivity index (χ0) is 15.5. The van der Waals surface area contributed by atoms with E-state index in [-0.39, 0.29) is 0 Å². The highest BCUT2D eigenvalue weighted by Gasteiger charge is 2.20. The molecule has 0 radical (unpaired) electrons. The van der Waals surface area contributed by atoms with Crippen LogP contribution in [0.4, 0.5) is 0 Å². The van der Waals surface area contributed by atoms with Crippen LogP contribution < -0.4 is 4.68 Å². The van der Waals surface area contributed by atoms with Crippen molar-refractivity contribution in [1.29, 1.82) is 0 Å². The Morgan fingerprint density at radius 2 is 1.22 bits per heavy atom. The third-order valence-electron chi connectivity index (χ3n) is 3.75. The fourth-order valence-electron chi connectivity index (χ4n) is 2.61. The van der Waals surface area contributed by atoms with E-state index in [4.69, 9.17) is 5.21 Å². The molecule has 3 heteroatoms. The minimum Gasteiger partial charge on any atom is -0.101 e. The lowest BCUT2D eigenvalue weighted by Gasteiger charge is -1.98. The first-order chi connectivity index (χ1) is 11.4. The smallest absolute Gasteiger partial charge is 0.101 e. The quantitative estimate of drug-likeness (QED) is 0.527. The van der Waals surface area contributed by atoms with Gasteiger partial charge in [0.05, 0.1) is 0 Å². The molecule has 3 nitrogen and oxygen atoms in total. The lowest BCUT2D eigenvalue weighted by Crippen LogP contribution is -2.35. The van der Waals surface area contributed by atoms with Gasteiger partial charge in [0.2, 0.25) is 5.69 Å². The van der Waals surface area contributed by atoms with Crippen LogP contribution in [0.25, 0.3) is 22.6 Å². The van der Waals surface area contributed by atoms with E-state index in [9.17, 15) is 0 Å². The second-order valence-corrected chi connectivity index (χ2v) is 5.30. The van der Waals surface area contributed by atoms with Crippen molar-refractivity contribution in [3.05, 3.63) is 97.2 Å². The standard InChI is InChI=1S/C20H16N3/c1-4-10-17(11-5-1)20-16-22(18-12-6-2-7-13-18)21-23(20)19-14-8-3-9-15-19/h1-16H/q+1. The first kappa shape index (κ1) is 13.5. The molecule has 23 heavy (non-hydrogen) atoms. The summed E-state index contributed by atoms with van der Waals surface area (Å²) in [7, 11) is 0. The Morgan fingerprint density at radius 3 is 1.87 bits per heavy atom. The molecular formula is C20H16N3+. The second kappa shape index (κ2) is 5.89. The first-order valence-electron chi connectivity index (χ1n) is 7.60. The zero-order valence-corrected chi connectivity index (χ0v) is 12.6. The number of hydrogen-bond acceptors (Lipinski definition) is 1. The summed E-state index contributed by atoms with van der Waals surface area (Å²) in [5.74, 6) is 0. The maximum atomic E-state index is 4.76. The molecule has 0 unspecified atom stereocenters. The Balaban J connectivity index is 1.91. The molecule has 0 N–H and O–H groups in total. The normalized spacial score (nSPS) is 10.6. The van der Waals surface area contributed by atoms with Gasteiger partial charge in [-0.3, -0.25) is 0 Å². The van der Waals surface area contributed by atoms with Crippen molar-refractivity contribution in [3.63, 3.8) is 0 Å². The summed E-state index contributed by atoms with van der Waals surface area (Å²) in [5, 5.41) is 4.76. The monoisotopic (exact) mass is 298 g/mol. The molecule has 0 spiro atoms. The minimum absolute atomic E-state index is 1.04. The molecule has 0 aliphatic heterocycles. The molecule has 1 aromatic heterocycles. The van der Waals surface area contributed by atoms with E-state index in [1.165, 1.54) is 0 Å². The van der Waals surface area contributed by atoms with Crippen LogP contribution in [0.3, 0.4) is 0 Å². The Kier molecular flexibility index (Phi) is 3.45. The number of aromatic nitrogens is 3. The Bertz CT molecular complexity index is 841. The highest BCUT2D eigenvalue weighted by atomic mass is 15.5. The third kappa shape index (κ3) is 2.64. The molecule has 0 atom stereocenters. The lowest BCUT2D eigenvalue weighted by atomic mass is 10.1. The number of benzene rings is 3. The second-order valence-electron chi connectivity index (χ2n) is 5.30. The molecule has 0 saturated heterocycles. The topological polar surface area (TPSA) is 21.7 Å². The van der Waals surface area contributed by atoms with Crippen LogP contribution in [0.1, 0.15) is 0 Å². The van der Waals surface area contributed by atoms with Gasteiger partial charge in [-0.1, -0.05) is 71.4 Å². The van der Waals surface area contributed by atoms with Crippen LogP contribution >= 0.6 is 0 Å². The Morgan fingerprint density at radius 1 is 0.652 bits per heavy atom. The highest BCUT2D eigenvalue weighted by Crippen LogP contribution is 2.17. The summed E-state index contributed by atoms with van der Waals surface area (Å²) in [5.41, 5.74) is 4.28. The molecule has 1 heterocycles. The van der Waals surface area contributed by atoms with Crippen LogP contribution in [0, 0.1) is 0 Å². The molecule has 4 aromatic rings. The van der Waals surface area contributed by atoms with Crippen molar-refractivity contribution in [2.24, 2.45) is 0 Å². The highest BCUT2D eigenvalue weighted by molar-refractivity contribution is 5.56. The molecule has 0 saturated carbocycles. The number of para-hydroxylation sites is 2. The van der Waals surface area contributed by atoms with Crippen LogP contribution in [0.5, 0.6) is 0 Å². The molecule has 0 bridgehead atoms. The van der Waals surface area contributed by atoms with Crippen LogP contribution in [0.15, 0.2) is 97.2 Å². The summed E-state index contributed by atoms with van der Waals surface area (Å²) in [6.45, 7) is 0. The Labute approximate surface area is 135 Å². The van der Waals surface area contributed by atoms with Crippen molar-refractivity contribution in [2.45, 2.75) is 0 Å². The number of nitrogens with zero attached hydrogens (tertiary/aromatic N) is 3. The number of hydrogen-bond donors (Lipinski definition) is 0. The van der Waals surface area contributed by atoms with E-state index in [0.29, 0.717) is 0 Å². The summed E-state index contributed by atoms with van der Waals surface area (Å²) in [6.07, 6.45) is 2.07. The van der Waals surface area contributed by atoms with Crippen molar-refractivity contribution >= 4 is 0 Å². The van der Waals surface area contributed by atoms with E-state index in [1.807, 2.05) is 64.0 Å². The lowest BCUT2D eigenvalue weighted by molar-refractivity contribution is -0.650. The zero-order valence-electron chi connectivity index (χ0n) is 12.6. The fourth-order valence-corrected chi connectivity index (χ4v) is 2.61. The molecule has 0 aliphatic rings. The first-order valence-corrected chi connectivity index (χ1v) is 7.60. The SMILES string of the molecule is c1ccc(-c2cn(-c3ccccc3)n[n+]2-c2ccccc2)cc1. The van der Waals surface area contributed by atoms with E-state index in [0.717, 1.165) is 22.6 Å². The van der Waals surface area contributed by atoms with Gasteiger partial charge in [0.15, 0.2) is 17.6 Å². The molecule has 0 amide bonds. The van der Waals surface area contributed by atoms with Crippen molar-refractivity contribution < 1.29 is 4.68 Å². The molecular weight excluding hydrogens is 282 g/mol. The molecule has 3 aromatic carbocycles. The van der Waals surface area contributed by atoms with Crippen molar-refractivity contribution in [3.8, 4) is 22.6 Å². The predicted molar refractivity (Wildman–Crippen MR) is 90.5 cm³/mol. The maximum absolute atomic E-state index is 4.76. The van der Waals surface area contributed by atoms with Gasteiger partial charge in [0.1, 0.15) is 5.21 Å². The fraction of sp³-hybridized carbons (Fsp3) is 0. The van der Waals surface area contributed by atoms with Gasteiger partial charge in [0.25, 0.3) is 0 Å². The van der Waals surface area contributed by atoms with E-state index >= 15 is 0 Å². The van der Waals surface area contributed by atoms with E-state index in [2.05, 4.69) is 42.6 Å². The van der Waals surface area contributed by atoms with Gasteiger partial charge in [-0.25, -0.2) is 0 Å². The van der Waals surface area contributed by atoms with Crippen LogP contribution in [0.2, 0.25) is 0 Å². The van der Waals surface area contributed by atoms with E-state index < -0.39 is 0 Å². The van der Waals surface area contributed by atoms with Gasteiger partial charge in [-0.05, 0) is 24.3 Å². The minimum atomic E-state index is 1.04. The average molecular weight is 298 g/mol. The van der Waals surface area contributed by atoms with Crippen molar-refractivity contribution in [2.75, 3.05) is 0 Å². The summed E-state index contributed by atoms with van der Waals surface area (Å²) >= 11 is 0. The van der Waals surface area contributed by atoms with Gasteiger partial charge >= 0.3 is 0 Å². The summed E-state index contributed by atoms with van der Waals surface area (Å²) < 4.78 is 3.89. The largest absolute Gasteiger partial charge is 0.204 e. The Hall–Kier alpha value is -3.20. The summed E-state index contributed by atoms with van der Waals surface area (Å²) in [4.78, 5) is 0. The van der Waals surface area contributed by atoms with Gasteiger partial charge in [-0.2, -0.15) is 0 Å². The average Bonchev–Trinajstić information content (AvgIpc) is 3.09. The van der Waals surface area contributed by atoms with Gasteiger partial charge in [0, 0.05) is 5.56 Å². The van der Waals surface area contributed by atoms with Crippen molar-refractivity contribution in [1.82, 2.24) is 9.90 Å². The van der Waals surface area contributed by atoms with E-state index in [1.54, 1.807) is 0 Å². The van der Waals surface area contributed by atoms with Crippen LogP contribution in [-0.2, 0) is 0 Å². The predicted octanol–water partition coefficient (Wildman–Crippen LogP) is 3.82. The molecule has 0 aliphatic carbocycles. The number of rotatable bonds is 3. The van der Waals surface area contributed by atoms with Gasteiger partial charge < -0.3 is 0 Å².